The number of aromatic nitrogens is 1. The van der Waals surface area contributed by atoms with E-state index in [2.05, 4.69) is 4.98 Å². The van der Waals surface area contributed by atoms with Crippen molar-refractivity contribution in [2.24, 2.45) is 0 Å². The second-order valence-corrected chi connectivity index (χ2v) is 4.31. The predicted molar refractivity (Wildman–Crippen MR) is 63.7 cm³/mol. The Balaban J connectivity index is 2.08. The molecule has 0 aromatic carbocycles. The molecule has 1 aromatic rings. The van der Waals surface area contributed by atoms with Crippen LogP contribution >= 0.6 is 11.8 Å². The molecule has 90 valence electrons. The number of hydrogen-bond donors (Lipinski definition) is 1. The van der Waals surface area contributed by atoms with Crippen molar-refractivity contribution in [1.29, 1.82) is 0 Å². The van der Waals surface area contributed by atoms with E-state index in [0.717, 1.165) is 4.90 Å². The molecule has 16 heavy (non-hydrogen) atoms. The van der Waals surface area contributed by atoms with Gasteiger partial charge in [0, 0.05) is 30.2 Å². The zero-order chi connectivity index (χ0) is 11.6. The lowest BCUT2D eigenvalue weighted by atomic mass is 10.4. The first-order valence-electron chi connectivity index (χ1n) is 5.10. The van der Waals surface area contributed by atoms with Crippen molar-refractivity contribution < 1.29 is 14.6 Å². The zero-order valence-electron chi connectivity index (χ0n) is 9.33. The fourth-order valence-corrected chi connectivity index (χ4v) is 1.83. The number of aliphatic hydroxyl groups is 1. The van der Waals surface area contributed by atoms with Crippen molar-refractivity contribution in [3.63, 3.8) is 0 Å². The van der Waals surface area contributed by atoms with Crippen LogP contribution in [0.1, 0.15) is 0 Å². The lowest BCUT2D eigenvalue weighted by molar-refractivity contribution is 0.0218. The summed E-state index contributed by atoms with van der Waals surface area (Å²) in [6.07, 6.45) is 3.03. The molecule has 0 aliphatic carbocycles. The molecular formula is C11H17NO3S. The molecule has 1 rings (SSSR count). The molecule has 1 aromatic heterocycles. The van der Waals surface area contributed by atoms with Crippen molar-refractivity contribution >= 4 is 11.8 Å². The normalized spacial score (nSPS) is 12.6. The molecule has 0 saturated carbocycles. The number of aliphatic hydroxyl groups excluding tert-OH is 1. The molecule has 5 heteroatoms. The number of methoxy groups -OCH3 is 1. The number of rotatable bonds is 8. The lowest BCUT2D eigenvalue weighted by Crippen LogP contribution is -2.19. The second kappa shape index (κ2) is 8.52. The van der Waals surface area contributed by atoms with Gasteiger partial charge in [0.25, 0.3) is 0 Å². The summed E-state index contributed by atoms with van der Waals surface area (Å²) in [5.41, 5.74) is 0. The molecule has 1 heterocycles. The first-order valence-corrected chi connectivity index (χ1v) is 6.09. The predicted octanol–water partition coefficient (Wildman–Crippen LogP) is 1.20. The lowest BCUT2D eigenvalue weighted by Gasteiger charge is -2.10. The van der Waals surface area contributed by atoms with Crippen LogP contribution in [0.4, 0.5) is 0 Å². The van der Waals surface area contributed by atoms with E-state index in [9.17, 15) is 5.11 Å². The molecule has 0 saturated heterocycles. The Bertz CT molecular complexity index is 271. The summed E-state index contributed by atoms with van der Waals surface area (Å²) < 4.78 is 10.1. The fraction of sp³-hybridized carbons (Fsp3) is 0.545. The highest BCUT2D eigenvalue weighted by atomic mass is 32.2. The highest BCUT2D eigenvalue weighted by molar-refractivity contribution is 7.99. The Morgan fingerprint density at radius 2 is 2.12 bits per heavy atom. The Morgan fingerprint density at radius 3 is 2.81 bits per heavy atom. The van der Waals surface area contributed by atoms with Crippen LogP contribution < -0.4 is 0 Å². The van der Waals surface area contributed by atoms with Crippen molar-refractivity contribution in [2.75, 3.05) is 32.7 Å². The van der Waals surface area contributed by atoms with Crippen LogP contribution in [-0.2, 0) is 9.47 Å². The van der Waals surface area contributed by atoms with E-state index in [4.69, 9.17) is 9.47 Å². The van der Waals surface area contributed by atoms with E-state index >= 15 is 0 Å². The van der Waals surface area contributed by atoms with Crippen LogP contribution in [0.5, 0.6) is 0 Å². The molecule has 1 atom stereocenters. The Hall–Kier alpha value is -0.620. The third-order valence-corrected chi connectivity index (χ3v) is 2.99. The van der Waals surface area contributed by atoms with Gasteiger partial charge in [0.1, 0.15) is 0 Å². The maximum Gasteiger partial charge on any atom is 0.0867 e. The molecular weight excluding hydrogens is 226 g/mol. The first kappa shape index (κ1) is 13.4. The summed E-state index contributed by atoms with van der Waals surface area (Å²) in [5, 5.41) is 9.61. The third-order valence-electron chi connectivity index (χ3n) is 1.83. The fourth-order valence-electron chi connectivity index (χ4n) is 1.04. The van der Waals surface area contributed by atoms with E-state index in [0.29, 0.717) is 25.6 Å². The summed E-state index contributed by atoms with van der Waals surface area (Å²) in [7, 11) is 1.62. The van der Waals surface area contributed by atoms with Gasteiger partial charge < -0.3 is 14.6 Å². The number of hydrogen-bond acceptors (Lipinski definition) is 5. The van der Waals surface area contributed by atoms with Crippen molar-refractivity contribution in [3.05, 3.63) is 24.5 Å². The molecule has 1 N–H and O–H groups in total. The Morgan fingerprint density at radius 1 is 1.38 bits per heavy atom. The maximum absolute atomic E-state index is 9.61. The van der Waals surface area contributed by atoms with Crippen LogP contribution in [0.25, 0.3) is 0 Å². The molecule has 0 aliphatic heterocycles. The molecule has 4 nitrogen and oxygen atoms in total. The standard InChI is InChI=1S/C11H17NO3S/c1-14-6-7-15-8-10(13)9-16-11-2-4-12-5-3-11/h2-5,10,13H,6-9H2,1H3. The smallest absolute Gasteiger partial charge is 0.0867 e. The minimum atomic E-state index is -0.449. The van der Waals surface area contributed by atoms with Gasteiger partial charge in [0.15, 0.2) is 0 Å². The van der Waals surface area contributed by atoms with Crippen molar-refractivity contribution in [1.82, 2.24) is 4.98 Å². The van der Waals surface area contributed by atoms with Crippen LogP contribution in [0.15, 0.2) is 29.4 Å². The minimum Gasteiger partial charge on any atom is -0.390 e. The van der Waals surface area contributed by atoms with Crippen LogP contribution in [-0.4, -0.2) is 48.9 Å². The van der Waals surface area contributed by atoms with E-state index in [1.165, 1.54) is 0 Å². The van der Waals surface area contributed by atoms with Gasteiger partial charge in [-0.2, -0.15) is 0 Å². The average Bonchev–Trinajstić information content (AvgIpc) is 2.33. The zero-order valence-corrected chi connectivity index (χ0v) is 10.2. The van der Waals surface area contributed by atoms with Crippen LogP contribution in [0.3, 0.4) is 0 Å². The maximum atomic E-state index is 9.61. The van der Waals surface area contributed by atoms with Crippen LogP contribution in [0, 0.1) is 0 Å². The van der Waals surface area contributed by atoms with Gasteiger partial charge in [-0.15, -0.1) is 11.8 Å². The first-order chi connectivity index (χ1) is 7.83. The number of ether oxygens (including phenoxy) is 2. The average molecular weight is 243 g/mol. The molecule has 0 fully saturated rings. The molecule has 0 radical (unpaired) electrons. The van der Waals surface area contributed by atoms with Gasteiger partial charge in [-0.05, 0) is 12.1 Å². The van der Waals surface area contributed by atoms with Gasteiger partial charge in [-0.3, -0.25) is 4.98 Å². The SMILES string of the molecule is COCCOCC(O)CSc1ccncc1. The summed E-state index contributed by atoms with van der Waals surface area (Å²) in [5.74, 6) is 0.622. The minimum absolute atomic E-state index is 0.349. The molecule has 0 aliphatic rings. The quantitative estimate of drug-likeness (QED) is 0.549. The summed E-state index contributed by atoms with van der Waals surface area (Å²) >= 11 is 1.59. The molecule has 0 amide bonds. The van der Waals surface area contributed by atoms with Gasteiger partial charge in [-0.1, -0.05) is 0 Å². The Kier molecular flexibility index (Phi) is 7.16. The van der Waals surface area contributed by atoms with Gasteiger partial charge >= 0.3 is 0 Å². The number of thioether (sulfide) groups is 1. The molecule has 0 bridgehead atoms. The highest BCUT2D eigenvalue weighted by Crippen LogP contribution is 2.17. The third kappa shape index (κ3) is 6.07. The highest BCUT2D eigenvalue weighted by Gasteiger charge is 2.04. The van der Waals surface area contributed by atoms with Crippen molar-refractivity contribution in [2.45, 2.75) is 11.0 Å². The topological polar surface area (TPSA) is 51.6 Å². The molecule has 0 spiro atoms. The number of nitrogens with zero attached hydrogens (tertiary/aromatic N) is 1. The second-order valence-electron chi connectivity index (χ2n) is 3.22. The van der Waals surface area contributed by atoms with E-state index in [1.54, 1.807) is 31.3 Å². The number of pyridine rings is 1. The van der Waals surface area contributed by atoms with E-state index < -0.39 is 6.10 Å². The van der Waals surface area contributed by atoms with E-state index in [1.807, 2.05) is 12.1 Å². The summed E-state index contributed by atoms with van der Waals surface area (Å²) in [6, 6.07) is 3.84. The van der Waals surface area contributed by atoms with Crippen LogP contribution in [0.2, 0.25) is 0 Å². The van der Waals surface area contributed by atoms with Crippen molar-refractivity contribution in [3.8, 4) is 0 Å². The monoisotopic (exact) mass is 243 g/mol. The Labute approximate surface area is 100.0 Å². The summed E-state index contributed by atoms with van der Waals surface area (Å²) in [6.45, 7) is 1.43. The van der Waals surface area contributed by atoms with E-state index in [-0.39, 0.29) is 0 Å². The largest absolute Gasteiger partial charge is 0.390 e. The summed E-state index contributed by atoms with van der Waals surface area (Å²) in [4.78, 5) is 5.03. The van der Waals surface area contributed by atoms with Gasteiger partial charge in [0.05, 0.1) is 25.9 Å². The van der Waals surface area contributed by atoms with Gasteiger partial charge in [0.2, 0.25) is 0 Å². The van der Waals surface area contributed by atoms with Gasteiger partial charge in [-0.25, -0.2) is 0 Å². The molecule has 1 unspecified atom stereocenters.